The van der Waals surface area contributed by atoms with Gasteiger partial charge in [-0.15, -0.1) is 0 Å². The van der Waals surface area contributed by atoms with E-state index in [1.54, 1.807) is 43.5 Å². The summed E-state index contributed by atoms with van der Waals surface area (Å²) in [6, 6.07) is 15.1. The third-order valence-electron chi connectivity index (χ3n) is 7.39. The monoisotopic (exact) mass is 530 g/mol. The first-order valence-corrected chi connectivity index (χ1v) is 13.2. The van der Waals surface area contributed by atoms with Gasteiger partial charge in [-0.2, -0.15) is 4.98 Å². The van der Waals surface area contributed by atoms with Gasteiger partial charge >= 0.3 is 0 Å². The molecule has 5 rings (SSSR count). The zero-order valence-electron chi connectivity index (χ0n) is 22.4. The Kier molecular flexibility index (Phi) is 7.65. The fourth-order valence-corrected chi connectivity index (χ4v) is 5.13. The lowest BCUT2D eigenvalue weighted by molar-refractivity contribution is -0.121. The molecule has 0 spiro atoms. The maximum absolute atomic E-state index is 12.9. The Hall–Kier alpha value is -4.18. The van der Waals surface area contributed by atoms with Crippen molar-refractivity contribution in [1.82, 2.24) is 15.3 Å². The highest BCUT2D eigenvalue weighted by Gasteiger charge is 2.31. The van der Waals surface area contributed by atoms with Crippen LogP contribution in [0, 0.1) is 5.92 Å². The van der Waals surface area contributed by atoms with Crippen molar-refractivity contribution >= 4 is 40.6 Å². The summed E-state index contributed by atoms with van der Waals surface area (Å²) in [4.78, 5) is 38.7. The quantitative estimate of drug-likeness (QED) is 0.437. The Morgan fingerprint density at radius 1 is 1.10 bits per heavy atom. The SMILES string of the molecule is COc1cc(C(=O)NC2CCC(O)CC2)ccc1Nc1ncc2c(n1)N(c1ccccc1)CC(C)C(=O)N2C. The van der Waals surface area contributed by atoms with Crippen LogP contribution in [0.2, 0.25) is 0 Å². The second kappa shape index (κ2) is 11.3. The summed E-state index contributed by atoms with van der Waals surface area (Å²) in [5, 5.41) is 16.0. The number of carbonyl (C=O) groups excluding carboxylic acids is 2. The summed E-state index contributed by atoms with van der Waals surface area (Å²) in [6.07, 6.45) is 4.29. The molecule has 0 bridgehead atoms. The average Bonchev–Trinajstić information content (AvgIpc) is 3.05. The molecule has 3 aromatic rings. The van der Waals surface area contributed by atoms with Crippen molar-refractivity contribution < 1.29 is 19.4 Å². The fourth-order valence-electron chi connectivity index (χ4n) is 5.13. The van der Waals surface area contributed by atoms with Crippen molar-refractivity contribution in [1.29, 1.82) is 0 Å². The van der Waals surface area contributed by atoms with Crippen LogP contribution in [0.1, 0.15) is 43.0 Å². The van der Waals surface area contributed by atoms with Crippen molar-refractivity contribution in [3.8, 4) is 5.75 Å². The van der Waals surface area contributed by atoms with E-state index in [1.807, 2.05) is 42.2 Å². The van der Waals surface area contributed by atoms with Crippen molar-refractivity contribution in [2.45, 2.75) is 44.8 Å². The third kappa shape index (κ3) is 5.65. The predicted octanol–water partition coefficient (Wildman–Crippen LogP) is 4.01. The number of hydrogen-bond donors (Lipinski definition) is 3. The van der Waals surface area contributed by atoms with Crippen LogP contribution in [0.4, 0.5) is 28.8 Å². The highest BCUT2D eigenvalue weighted by molar-refractivity contribution is 5.99. The first kappa shape index (κ1) is 26.4. The number of aliphatic hydroxyl groups excluding tert-OH is 1. The minimum absolute atomic E-state index is 0.000991. The van der Waals surface area contributed by atoms with E-state index < -0.39 is 0 Å². The fraction of sp³-hybridized carbons (Fsp3) is 0.379. The lowest BCUT2D eigenvalue weighted by Gasteiger charge is -2.26. The number of aliphatic hydroxyl groups is 1. The summed E-state index contributed by atoms with van der Waals surface area (Å²) in [6.45, 7) is 2.39. The van der Waals surface area contributed by atoms with Gasteiger partial charge in [-0.25, -0.2) is 4.98 Å². The zero-order chi connectivity index (χ0) is 27.5. The summed E-state index contributed by atoms with van der Waals surface area (Å²) in [5.74, 6) is 1.01. The molecule has 1 saturated carbocycles. The third-order valence-corrected chi connectivity index (χ3v) is 7.39. The number of fused-ring (bicyclic) bond motifs is 1. The van der Waals surface area contributed by atoms with Gasteiger partial charge in [-0.3, -0.25) is 9.59 Å². The molecule has 3 N–H and O–H groups in total. The number of ether oxygens (including phenoxy) is 1. The average molecular weight is 531 g/mol. The van der Waals surface area contributed by atoms with E-state index in [-0.39, 0.29) is 29.9 Å². The molecule has 2 heterocycles. The molecule has 10 heteroatoms. The van der Waals surface area contributed by atoms with Gasteiger partial charge in [0.1, 0.15) is 11.4 Å². The Labute approximate surface area is 228 Å². The molecule has 0 saturated heterocycles. The Morgan fingerprint density at radius 3 is 2.56 bits per heavy atom. The van der Waals surface area contributed by atoms with Crippen LogP contribution < -0.4 is 25.2 Å². The van der Waals surface area contributed by atoms with E-state index in [4.69, 9.17) is 9.72 Å². The second-order valence-electron chi connectivity index (χ2n) is 10.2. The predicted molar refractivity (Wildman–Crippen MR) is 150 cm³/mol. The molecule has 2 amide bonds. The van der Waals surface area contributed by atoms with Crippen LogP contribution >= 0.6 is 0 Å². The van der Waals surface area contributed by atoms with E-state index in [0.29, 0.717) is 53.8 Å². The molecule has 1 aromatic heterocycles. The number of nitrogens with one attached hydrogen (secondary N) is 2. The van der Waals surface area contributed by atoms with E-state index in [2.05, 4.69) is 15.6 Å². The number of benzene rings is 2. The lowest BCUT2D eigenvalue weighted by Crippen LogP contribution is -2.38. The number of para-hydroxylation sites is 1. The van der Waals surface area contributed by atoms with Crippen molar-refractivity contribution in [3.63, 3.8) is 0 Å². The maximum Gasteiger partial charge on any atom is 0.251 e. The van der Waals surface area contributed by atoms with Crippen LogP contribution in [0.15, 0.2) is 54.7 Å². The Bertz CT molecular complexity index is 1340. The van der Waals surface area contributed by atoms with E-state index in [1.165, 1.54) is 0 Å². The van der Waals surface area contributed by atoms with Gasteiger partial charge in [0, 0.05) is 30.9 Å². The largest absolute Gasteiger partial charge is 0.495 e. The number of hydrogen-bond acceptors (Lipinski definition) is 8. The molecule has 1 aliphatic heterocycles. The molecule has 1 unspecified atom stereocenters. The number of nitrogens with zero attached hydrogens (tertiary/aromatic N) is 4. The molecular weight excluding hydrogens is 496 g/mol. The second-order valence-corrected chi connectivity index (χ2v) is 10.2. The summed E-state index contributed by atoms with van der Waals surface area (Å²) >= 11 is 0. The molecule has 10 nitrogen and oxygen atoms in total. The van der Waals surface area contributed by atoms with Gasteiger partial charge in [-0.1, -0.05) is 25.1 Å². The molecule has 0 radical (unpaired) electrons. The topological polar surface area (TPSA) is 120 Å². The summed E-state index contributed by atoms with van der Waals surface area (Å²) in [7, 11) is 3.28. The maximum atomic E-state index is 12.9. The lowest BCUT2D eigenvalue weighted by atomic mass is 9.93. The number of rotatable bonds is 6. The number of aromatic nitrogens is 2. The van der Waals surface area contributed by atoms with E-state index >= 15 is 0 Å². The van der Waals surface area contributed by atoms with Crippen LogP contribution in [-0.2, 0) is 4.79 Å². The Balaban J connectivity index is 1.40. The van der Waals surface area contributed by atoms with Gasteiger partial charge in [0.25, 0.3) is 5.91 Å². The number of amides is 2. The standard InChI is InChI=1S/C29H34N6O4/c1-18-17-35(21-7-5-4-6-8-21)26-24(34(2)28(18)38)16-30-29(33-26)32-23-14-9-19(15-25(23)39-3)27(37)31-20-10-12-22(36)13-11-20/h4-9,14-16,18,20,22,36H,10-13,17H2,1-3H3,(H,31,37)(H,30,32,33). The molecule has 204 valence electrons. The molecule has 2 aromatic carbocycles. The van der Waals surface area contributed by atoms with Crippen LogP contribution in [0.25, 0.3) is 0 Å². The molecule has 39 heavy (non-hydrogen) atoms. The molecule has 2 aliphatic rings. The van der Waals surface area contributed by atoms with Gasteiger partial charge in [0.2, 0.25) is 11.9 Å². The molecule has 1 aliphatic carbocycles. The van der Waals surface area contributed by atoms with Crippen molar-refractivity contribution in [2.24, 2.45) is 5.92 Å². The number of methoxy groups -OCH3 is 1. The van der Waals surface area contributed by atoms with Crippen LogP contribution in [0.5, 0.6) is 5.75 Å². The minimum Gasteiger partial charge on any atom is -0.495 e. The van der Waals surface area contributed by atoms with Gasteiger partial charge < -0.3 is 30.3 Å². The highest BCUT2D eigenvalue weighted by atomic mass is 16.5. The summed E-state index contributed by atoms with van der Waals surface area (Å²) in [5.41, 5.74) is 2.63. The highest BCUT2D eigenvalue weighted by Crippen LogP contribution is 2.37. The Morgan fingerprint density at radius 2 is 1.85 bits per heavy atom. The van der Waals surface area contributed by atoms with Crippen LogP contribution in [0.3, 0.4) is 0 Å². The van der Waals surface area contributed by atoms with Gasteiger partial charge in [-0.05, 0) is 56.0 Å². The van der Waals surface area contributed by atoms with E-state index in [9.17, 15) is 14.7 Å². The first-order valence-electron chi connectivity index (χ1n) is 13.2. The molecule has 1 atom stereocenters. The van der Waals surface area contributed by atoms with Gasteiger partial charge in [0.15, 0.2) is 5.82 Å². The van der Waals surface area contributed by atoms with E-state index in [0.717, 1.165) is 18.5 Å². The normalized spacial score (nSPS) is 21.1. The molecular formula is C29H34N6O4. The van der Waals surface area contributed by atoms with Gasteiger partial charge in [0.05, 0.1) is 31.0 Å². The smallest absolute Gasteiger partial charge is 0.251 e. The summed E-state index contributed by atoms with van der Waals surface area (Å²) < 4.78 is 5.59. The minimum atomic E-state index is -0.275. The van der Waals surface area contributed by atoms with Crippen molar-refractivity contribution in [3.05, 3.63) is 60.3 Å². The van der Waals surface area contributed by atoms with Crippen molar-refractivity contribution in [2.75, 3.05) is 35.8 Å². The van der Waals surface area contributed by atoms with Crippen LogP contribution in [-0.4, -0.2) is 59.7 Å². The number of anilines is 5. The first-order chi connectivity index (χ1) is 18.8. The number of carbonyl (C=O) groups is 2. The molecule has 1 fully saturated rings. The zero-order valence-corrected chi connectivity index (χ0v) is 22.4.